The number of rotatable bonds is 6. The lowest BCUT2D eigenvalue weighted by atomic mass is 9.95. The number of halogens is 2. The number of phenolic OH excluding ortho intramolecular Hbond substituents is 1. The summed E-state index contributed by atoms with van der Waals surface area (Å²) in [5, 5.41) is 15.3. The van der Waals surface area contributed by atoms with E-state index in [1.807, 2.05) is 6.92 Å². The van der Waals surface area contributed by atoms with E-state index in [1.54, 1.807) is 17.0 Å². The summed E-state index contributed by atoms with van der Waals surface area (Å²) >= 11 is 0. The van der Waals surface area contributed by atoms with Gasteiger partial charge in [0.05, 0.1) is 23.5 Å². The molecule has 9 nitrogen and oxygen atoms in total. The van der Waals surface area contributed by atoms with E-state index in [0.717, 1.165) is 32.5 Å². The maximum Gasteiger partial charge on any atom is 0.318 e. The molecule has 1 aromatic heterocycles. The van der Waals surface area contributed by atoms with Crippen LogP contribution in [-0.4, -0.2) is 83.5 Å². The Kier molecular flexibility index (Phi) is 7.12. The Morgan fingerprint density at radius 2 is 2.07 bits per heavy atom. The molecule has 3 fully saturated rings. The average Bonchev–Trinajstić information content (AvgIpc) is 3.55. The van der Waals surface area contributed by atoms with Crippen molar-refractivity contribution in [2.75, 3.05) is 55.7 Å². The predicted octanol–water partition coefficient (Wildman–Crippen LogP) is 4.20. The van der Waals surface area contributed by atoms with Gasteiger partial charge in [-0.1, -0.05) is 19.9 Å². The van der Waals surface area contributed by atoms with E-state index >= 15 is 0 Å². The fourth-order valence-electron chi connectivity index (χ4n) is 7.62. The van der Waals surface area contributed by atoms with Gasteiger partial charge in [-0.25, -0.2) is 8.78 Å². The van der Waals surface area contributed by atoms with Gasteiger partial charge in [0.25, 0.3) is 5.91 Å². The second-order valence-corrected chi connectivity index (χ2v) is 12.6. The highest BCUT2D eigenvalue weighted by atomic mass is 19.1. The zero-order valence-electron chi connectivity index (χ0n) is 24.7. The lowest BCUT2D eigenvalue weighted by Crippen LogP contribution is -2.43. The van der Waals surface area contributed by atoms with Crippen LogP contribution in [0.15, 0.2) is 24.3 Å². The van der Waals surface area contributed by atoms with E-state index in [1.165, 1.54) is 12.1 Å². The standard InChI is InChI=1S/C32H38F2N6O3/c1-3-23-24(34)6-5-20-11-22(41)12-26(27(20)23)40-17-25-28(30(40)42)29(38-10-8-35-14-19(2)15-38)37-31(36-25)43-18-32-7-4-9-39(32)16-21(33)13-32/h5-6,11-12,19,21,35,41H,3-4,7-10,13-18H2,1-2H3. The Hall–Kier alpha value is -3.57. The van der Waals surface area contributed by atoms with E-state index in [0.29, 0.717) is 77.5 Å². The number of nitrogens with one attached hydrogen (secondary N) is 1. The monoisotopic (exact) mass is 592 g/mol. The number of fused-ring (bicyclic) bond motifs is 3. The quantitative estimate of drug-likeness (QED) is 0.440. The second kappa shape index (κ2) is 10.9. The SMILES string of the molecule is CCc1c(F)ccc2cc(O)cc(N3Cc4nc(OCC56CCCN5CC(F)C6)nc(N5CCNCC(C)C5)c4C3=O)c12. The molecule has 43 heavy (non-hydrogen) atoms. The molecule has 11 heteroatoms. The Morgan fingerprint density at radius 1 is 1.21 bits per heavy atom. The topological polar surface area (TPSA) is 94.1 Å². The molecule has 3 unspecified atom stereocenters. The summed E-state index contributed by atoms with van der Waals surface area (Å²) in [4.78, 5) is 29.7. The summed E-state index contributed by atoms with van der Waals surface area (Å²) in [6.07, 6.45) is 1.87. The first-order valence-electron chi connectivity index (χ1n) is 15.4. The number of amides is 1. The third kappa shape index (κ3) is 4.86. The van der Waals surface area contributed by atoms with Crippen molar-refractivity contribution in [1.29, 1.82) is 0 Å². The number of hydrogen-bond acceptors (Lipinski definition) is 8. The number of aromatic hydroxyl groups is 1. The molecule has 4 aliphatic rings. The molecule has 3 aromatic rings. The van der Waals surface area contributed by atoms with Crippen LogP contribution >= 0.6 is 0 Å². The van der Waals surface area contributed by atoms with Crippen LogP contribution in [0.1, 0.15) is 54.7 Å². The van der Waals surface area contributed by atoms with Crippen molar-refractivity contribution < 1.29 is 23.4 Å². The molecule has 2 N–H and O–H groups in total. The normalized spacial score (nSPS) is 25.8. The van der Waals surface area contributed by atoms with Gasteiger partial charge < -0.3 is 25.0 Å². The third-order valence-corrected chi connectivity index (χ3v) is 9.60. The molecule has 3 atom stereocenters. The number of alkyl halides is 1. The summed E-state index contributed by atoms with van der Waals surface area (Å²) in [6.45, 7) is 8.69. The Balaban J connectivity index is 1.30. The van der Waals surface area contributed by atoms with E-state index in [9.17, 15) is 18.7 Å². The average molecular weight is 593 g/mol. The molecule has 1 amide bonds. The number of carbonyl (C=O) groups excluding carboxylic acids is 1. The van der Waals surface area contributed by atoms with Crippen LogP contribution in [0, 0.1) is 11.7 Å². The number of aryl methyl sites for hydroxylation is 1. The van der Waals surface area contributed by atoms with Crippen LogP contribution < -0.4 is 19.9 Å². The fourth-order valence-corrected chi connectivity index (χ4v) is 7.62. The number of phenols is 1. The van der Waals surface area contributed by atoms with Gasteiger partial charge in [0.1, 0.15) is 35.7 Å². The van der Waals surface area contributed by atoms with Crippen molar-refractivity contribution in [3.05, 3.63) is 46.9 Å². The minimum Gasteiger partial charge on any atom is -0.508 e. The van der Waals surface area contributed by atoms with E-state index in [2.05, 4.69) is 22.0 Å². The molecular formula is C32H38F2N6O3. The number of nitrogens with zero attached hydrogens (tertiary/aromatic N) is 5. The molecule has 0 aliphatic carbocycles. The smallest absolute Gasteiger partial charge is 0.318 e. The van der Waals surface area contributed by atoms with Crippen molar-refractivity contribution in [1.82, 2.24) is 20.2 Å². The van der Waals surface area contributed by atoms with Crippen molar-refractivity contribution in [3.8, 4) is 11.8 Å². The number of anilines is 2. The van der Waals surface area contributed by atoms with Gasteiger partial charge in [-0.05, 0) is 61.4 Å². The lowest BCUT2D eigenvalue weighted by molar-refractivity contribution is 0.0996. The van der Waals surface area contributed by atoms with Gasteiger partial charge in [-0.2, -0.15) is 9.97 Å². The van der Waals surface area contributed by atoms with Crippen LogP contribution in [0.5, 0.6) is 11.8 Å². The van der Waals surface area contributed by atoms with Crippen molar-refractivity contribution in [2.24, 2.45) is 5.92 Å². The lowest BCUT2D eigenvalue weighted by Gasteiger charge is -2.31. The van der Waals surface area contributed by atoms with Crippen LogP contribution in [0.4, 0.5) is 20.3 Å². The molecular weight excluding hydrogens is 554 g/mol. The van der Waals surface area contributed by atoms with Gasteiger partial charge in [-0.3, -0.25) is 9.69 Å². The minimum absolute atomic E-state index is 0.00855. The van der Waals surface area contributed by atoms with Crippen molar-refractivity contribution in [3.63, 3.8) is 0 Å². The van der Waals surface area contributed by atoms with Crippen LogP contribution in [0.2, 0.25) is 0 Å². The molecule has 0 spiro atoms. The van der Waals surface area contributed by atoms with Gasteiger partial charge >= 0.3 is 6.01 Å². The largest absolute Gasteiger partial charge is 0.508 e. The number of hydrogen-bond donors (Lipinski definition) is 2. The molecule has 4 aliphatic heterocycles. The Labute approximate surface area is 249 Å². The maximum atomic E-state index is 15.0. The molecule has 0 bridgehead atoms. The van der Waals surface area contributed by atoms with Crippen LogP contribution in [-0.2, 0) is 13.0 Å². The summed E-state index contributed by atoms with van der Waals surface area (Å²) in [5.74, 6) is 0.184. The summed E-state index contributed by atoms with van der Waals surface area (Å²) in [5.41, 5.74) is 1.50. The third-order valence-electron chi connectivity index (χ3n) is 9.60. The zero-order chi connectivity index (χ0) is 29.9. The molecule has 0 radical (unpaired) electrons. The first-order valence-corrected chi connectivity index (χ1v) is 15.4. The van der Waals surface area contributed by atoms with E-state index in [-0.39, 0.29) is 42.2 Å². The van der Waals surface area contributed by atoms with Gasteiger partial charge in [0.2, 0.25) is 0 Å². The highest BCUT2D eigenvalue weighted by molar-refractivity contribution is 6.16. The fraction of sp³-hybridized carbons (Fsp3) is 0.531. The second-order valence-electron chi connectivity index (χ2n) is 12.6. The maximum absolute atomic E-state index is 15.0. The molecule has 3 saturated heterocycles. The molecule has 0 saturated carbocycles. The molecule has 5 heterocycles. The molecule has 228 valence electrons. The van der Waals surface area contributed by atoms with Crippen LogP contribution in [0.25, 0.3) is 10.8 Å². The summed E-state index contributed by atoms with van der Waals surface area (Å²) in [6, 6.07) is 6.31. The summed E-state index contributed by atoms with van der Waals surface area (Å²) < 4.78 is 35.7. The van der Waals surface area contributed by atoms with Gasteiger partial charge in [0.15, 0.2) is 0 Å². The van der Waals surface area contributed by atoms with Gasteiger partial charge in [-0.15, -0.1) is 0 Å². The van der Waals surface area contributed by atoms with E-state index in [4.69, 9.17) is 14.7 Å². The van der Waals surface area contributed by atoms with Crippen molar-refractivity contribution in [2.45, 2.75) is 57.8 Å². The summed E-state index contributed by atoms with van der Waals surface area (Å²) in [7, 11) is 0. The Morgan fingerprint density at radius 3 is 2.91 bits per heavy atom. The highest BCUT2D eigenvalue weighted by Gasteiger charge is 2.49. The number of aromatic nitrogens is 2. The number of benzene rings is 2. The first-order chi connectivity index (χ1) is 20.8. The Bertz CT molecular complexity index is 1590. The van der Waals surface area contributed by atoms with E-state index < -0.39 is 6.17 Å². The zero-order valence-corrected chi connectivity index (χ0v) is 24.7. The van der Waals surface area contributed by atoms with Gasteiger partial charge in [0, 0.05) is 44.1 Å². The molecule has 2 aromatic carbocycles. The van der Waals surface area contributed by atoms with Crippen LogP contribution in [0.3, 0.4) is 0 Å². The minimum atomic E-state index is -0.868. The number of ether oxygens (including phenoxy) is 1. The molecule has 7 rings (SSSR count). The van der Waals surface area contributed by atoms with Crippen molar-refractivity contribution >= 4 is 28.2 Å². The number of carbonyl (C=O) groups is 1. The predicted molar refractivity (Wildman–Crippen MR) is 160 cm³/mol. The highest BCUT2D eigenvalue weighted by Crippen LogP contribution is 2.43. The first kappa shape index (κ1) is 28.2.